The fourth-order valence-electron chi connectivity index (χ4n) is 1.75. The molecule has 1 saturated heterocycles. The molecule has 0 spiro atoms. The van der Waals surface area contributed by atoms with E-state index in [1.165, 1.54) is 19.3 Å². The normalized spacial score (nSPS) is 35.9. The summed E-state index contributed by atoms with van der Waals surface area (Å²) in [6, 6.07) is 0.771. The highest BCUT2D eigenvalue weighted by Crippen LogP contribution is 2.13. The van der Waals surface area contributed by atoms with Gasteiger partial charge in [-0.3, -0.25) is 0 Å². The Kier molecular flexibility index (Phi) is 2.30. The van der Waals surface area contributed by atoms with Gasteiger partial charge in [-0.1, -0.05) is 6.42 Å². The molecular formula is C9H16N2O. The van der Waals surface area contributed by atoms with Crippen LogP contribution in [0.2, 0.25) is 0 Å². The van der Waals surface area contributed by atoms with Crippen molar-refractivity contribution < 1.29 is 4.74 Å². The van der Waals surface area contributed by atoms with E-state index >= 15 is 0 Å². The summed E-state index contributed by atoms with van der Waals surface area (Å²) in [5, 5.41) is 3.43. The third-order valence-corrected chi connectivity index (χ3v) is 2.43. The van der Waals surface area contributed by atoms with Gasteiger partial charge in [0.2, 0.25) is 5.90 Å². The van der Waals surface area contributed by atoms with Crippen LogP contribution in [-0.2, 0) is 4.74 Å². The number of nitrogens with one attached hydrogen (secondary N) is 1. The van der Waals surface area contributed by atoms with Crippen molar-refractivity contribution in [3.8, 4) is 0 Å². The zero-order valence-electron chi connectivity index (χ0n) is 7.55. The quantitative estimate of drug-likeness (QED) is 0.632. The Morgan fingerprint density at radius 2 is 2.42 bits per heavy atom. The van der Waals surface area contributed by atoms with Crippen molar-refractivity contribution in [2.75, 3.05) is 13.2 Å². The smallest absolute Gasteiger partial charge is 0.201 e. The number of rotatable bonds is 1. The zero-order chi connectivity index (χ0) is 8.39. The van der Waals surface area contributed by atoms with Gasteiger partial charge in [-0.25, -0.2) is 4.99 Å². The van der Waals surface area contributed by atoms with E-state index in [1.807, 2.05) is 0 Å². The van der Waals surface area contributed by atoms with E-state index in [0.717, 1.165) is 19.0 Å². The molecule has 12 heavy (non-hydrogen) atoms. The first-order valence-electron chi connectivity index (χ1n) is 4.80. The highest BCUT2D eigenvalue weighted by atomic mass is 16.5. The Bertz CT molecular complexity index is 185. The lowest BCUT2D eigenvalue weighted by Crippen LogP contribution is -2.40. The monoisotopic (exact) mass is 168 g/mol. The largest absolute Gasteiger partial charge is 0.478 e. The zero-order valence-corrected chi connectivity index (χ0v) is 7.55. The van der Waals surface area contributed by atoms with Crippen molar-refractivity contribution in [1.82, 2.24) is 5.32 Å². The third kappa shape index (κ3) is 1.61. The lowest BCUT2D eigenvalue weighted by Gasteiger charge is -2.22. The molecule has 0 amide bonds. The van der Waals surface area contributed by atoms with E-state index < -0.39 is 0 Å². The summed E-state index contributed by atoms with van der Waals surface area (Å²) in [7, 11) is 0. The van der Waals surface area contributed by atoms with Crippen LogP contribution in [0, 0.1) is 0 Å². The Hall–Kier alpha value is -0.570. The van der Waals surface area contributed by atoms with Gasteiger partial charge in [0.05, 0.1) is 12.1 Å². The van der Waals surface area contributed by atoms with Gasteiger partial charge in [0.15, 0.2) is 0 Å². The van der Waals surface area contributed by atoms with E-state index in [2.05, 4.69) is 17.2 Å². The van der Waals surface area contributed by atoms with Crippen LogP contribution in [-0.4, -0.2) is 31.1 Å². The molecule has 2 atom stereocenters. The highest BCUT2D eigenvalue weighted by Gasteiger charge is 2.24. The van der Waals surface area contributed by atoms with Gasteiger partial charge >= 0.3 is 0 Å². The van der Waals surface area contributed by atoms with Gasteiger partial charge in [-0.15, -0.1) is 0 Å². The van der Waals surface area contributed by atoms with Crippen LogP contribution in [0.4, 0.5) is 0 Å². The van der Waals surface area contributed by atoms with Crippen LogP contribution in [0.25, 0.3) is 0 Å². The average Bonchev–Trinajstić information content (AvgIpc) is 2.54. The maximum absolute atomic E-state index is 5.49. The van der Waals surface area contributed by atoms with E-state index in [0.29, 0.717) is 12.1 Å². The summed E-state index contributed by atoms with van der Waals surface area (Å²) in [5.41, 5.74) is 0. The first-order chi connectivity index (χ1) is 5.86. The van der Waals surface area contributed by atoms with Crippen molar-refractivity contribution >= 4 is 5.90 Å². The summed E-state index contributed by atoms with van der Waals surface area (Å²) in [5.74, 6) is 0.946. The van der Waals surface area contributed by atoms with Crippen LogP contribution in [0.15, 0.2) is 4.99 Å². The second kappa shape index (κ2) is 3.44. The van der Waals surface area contributed by atoms with E-state index in [4.69, 9.17) is 4.74 Å². The van der Waals surface area contributed by atoms with Gasteiger partial charge < -0.3 is 10.1 Å². The second-order valence-electron chi connectivity index (χ2n) is 3.63. The third-order valence-electron chi connectivity index (χ3n) is 2.43. The lowest BCUT2D eigenvalue weighted by atomic mass is 10.1. The number of nitrogens with zero attached hydrogens (tertiary/aromatic N) is 1. The number of ether oxygens (including phenoxy) is 1. The predicted molar refractivity (Wildman–Crippen MR) is 48.5 cm³/mol. The molecule has 2 aliphatic rings. The molecule has 0 saturated carbocycles. The van der Waals surface area contributed by atoms with Crippen molar-refractivity contribution in [2.45, 2.75) is 38.3 Å². The molecule has 0 aromatic heterocycles. The van der Waals surface area contributed by atoms with Crippen LogP contribution < -0.4 is 5.32 Å². The highest BCUT2D eigenvalue weighted by molar-refractivity contribution is 5.83. The van der Waals surface area contributed by atoms with Crippen LogP contribution >= 0.6 is 0 Å². The van der Waals surface area contributed by atoms with Gasteiger partial charge in [0, 0.05) is 0 Å². The van der Waals surface area contributed by atoms with E-state index in [1.54, 1.807) is 0 Å². The number of hydrogen-bond donors (Lipinski definition) is 1. The van der Waals surface area contributed by atoms with Crippen molar-refractivity contribution in [3.05, 3.63) is 0 Å². The first kappa shape index (κ1) is 8.05. The van der Waals surface area contributed by atoms with Gasteiger partial charge in [-0.05, 0) is 26.3 Å². The van der Waals surface area contributed by atoms with E-state index in [9.17, 15) is 0 Å². The molecule has 2 rings (SSSR count). The minimum absolute atomic E-state index is 0.365. The molecule has 2 unspecified atom stereocenters. The minimum atomic E-state index is 0.365. The summed E-state index contributed by atoms with van der Waals surface area (Å²) >= 11 is 0. The Morgan fingerprint density at radius 3 is 3.00 bits per heavy atom. The minimum Gasteiger partial charge on any atom is -0.478 e. The summed E-state index contributed by atoms with van der Waals surface area (Å²) < 4.78 is 5.49. The Labute approximate surface area is 73.2 Å². The SMILES string of the molecule is CC1COC(C2CCCCN2)=N1. The first-order valence-corrected chi connectivity index (χ1v) is 4.80. The average molecular weight is 168 g/mol. The molecule has 0 radical (unpaired) electrons. The number of piperidine rings is 1. The standard InChI is InChI=1S/C9H16N2O/c1-7-6-12-9(11-7)8-4-2-3-5-10-8/h7-8,10H,2-6H2,1H3. The fourth-order valence-corrected chi connectivity index (χ4v) is 1.75. The fraction of sp³-hybridized carbons (Fsp3) is 0.889. The van der Waals surface area contributed by atoms with Crippen molar-refractivity contribution in [3.63, 3.8) is 0 Å². The molecule has 1 fully saturated rings. The van der Waals surface area contributed by atoms with Gasteiger partial charge in [0.25, 0.3) is 0 Å². The molecule has 0 aliphatic carbocycles. The molecule has 2 heterocycles. The molecule has 3 heteroatoms. The Morgan fingerprint density at radius 1 is 1.50 bits per heavy atom. The van der Waals surface area contributed by atoms with Gasteiger partial charge in [0.1, 0.15) is 6.61 Å². The predicted octanol–water partition coefficient (Wildman–Crippen LogP) is 0.946. The van der Waals surface area contributed by atoms with Crippen molar-refractivity contribution in [2.24, 2.45) is 4.99 Å². The lowest BCUT2D eigenvalue weighted by molar-refractivity contribution is 0.296. The van der Waals surface area contributed by atoms with Gasteiger partial charge in [-0.2, -0.15) is 0 Å². The molecule has 68 valence electrons. The second-order valence-corrected chi connectivity index (χ2v) is 3.63. The molecule has 3 nitrogen and oxygen atoms in total. The summed E-state index contributed by atoms with van der Waals surface area (Å²) in [6.45, 7) is 3.98. The maximum Gasteiger partial charge on any atom is 0.201 e. The number of aliphatic imine (C=N–C) groups is 1. The van der Waals surface area contributed by atoms with Crippen molar-refractivity contribution in [1.29, 1.82) is 0 Å². The number of hydrogen-bond acceptors (Lipinski definition) is 3. The molecule has 1 N–H and O–H groups in total. The molecule has 2 aliphatic heterocycles. The molecular weight excluding hydrogens is 152 g/mol. The van der Waals surface area contributed by atoms with Crippen LogP contribution in [0.1, 0.15) is 26.2 Å². The van der Waals surface area contributed by atoms with E-state index in [-0.39, 0.29) is 0 Å². The van der Waals surface area contributed by atoms with Crippen LogP contribution in [0.5, 0.6) is 0 Å². The molecule has 0 aromatic carbocycles. The topological polar surface area (TPSA) is 33.6 Å². The molecule has 0 aromatic rings. The Balaban J connectivity index is 1.94. The molecule has 0 bridgehead atoms. The summed E-state index contributed by atoms with van der Waals surface area (Å²) in [6.07, 6.45) is 3.78. The summed E-state index contributed by atoms with van der Waals surface area (Å²) in [4.78, 5) is 4.44. The maximum atomic E-state index is 5.49. The van der Waals surface area contributed by atoms with Crippen LogP contribution in [0.3, 0.4) is 0 Å².